The number of hydrogen-bond acceptors (Lipinski definition) is 3. The Balaban J connectivity index is 3.05. The molecule has 1 heterocycles. The molecule has 0 aliphatic heterocycles. The summed E-state index contributed by atoms with van der Waals surface area (Å²) in [6.45, 7) is 0. The first-order valence-corrected chi connectivity index (χ1v) is 3.52. The van der Waals surface area contributed by atoms with Crippen molar-refractivity contribution in [2.45, 2.75) is 0 Å². The Morgan fingerprint density at radius 2 is 2.50 bits per heavy atom. The van der Waals surface area contributed by atoms with Gasteiger partial charge in [-0.1, -0.05) is 11.5 Å². The molecule has 2 N–H and O–H groups in total. The van der Waals surface area contributed by atoms with Crippen molar-refractivity contribution in [3.8, 4) is 0 Å². The number of carbonyl (C=O) groups excluding carboxylic acids is 1. The number of aromatic nitrogens is 1. The van der Waals surface area contributed by atoms with E-state index >= 15 is 0 Å². The lowest BCUT2D eigenvalue weighted by Crippen LogP contribution is -2.23. The van der Waals surface area contributed by atoms with E-state index in [1.54, 1.807) is 0 Å². The molecule has 0 aromatic carbocycles. The molecule has 1 aromatic heterocycles. The van der Waals surface area contributed by atoms with Crippen LogP contribution in [0.3, 0.4) is 0 Å². The summed E-state index contributed by atoms with van der Waals surface area (Å²) in [5.74, 6) is -0.345. The average molecular weight is 158 g/mol. The fourth-order valence-corrected chi connectivity index (χ4v) is 1.15. The molecule has 0 unspecified atom stereocenters. The van der Waals surface area contributed by atoms with Gasteiger partial charge in [-0.15, -0.1) is 0 Å². The number of rotatable bonds is 1. The highest BCUT2D eigenvalue weighted by Gasteiger charge is 2.07. The minimum Gasteiger partial charge on any atom is -0.355 e. The normalized spacial score (nSPS) is 9.30. The third-order valence-corrected chi connectivity index (χ3v) is 1.70. The van der Waals surface area contributed by atoms with Crippen molar-refractivity contribution in [2.75, 3.05) is 7.05 Å². The molecule has 0 saturated heterocycles. The lowest BCUT2D eigenvalue weighted by Gasteiger charge is -1.89. The highest BCUT2D eigenvalue weighted by molar-refractivity contribution is 7.03. The van der Waals surface area contributed by atoms with Crippen molar-refractivity contribution >= 4 is 17.4 Å². The number of hydrogen-bond donors (Lipinski definition) is 2. The predicted octanol–water partition coefficient (Wildman–Crippen LogP) is -0.204. The molecule has 0 aliphatic carbocycles. The van der Waals surface area contributed by atoms with E-state index in [0.29, 0.717) is 0 Å². The minimum absolute atomic E-state index is 0.174. The first-order chi connectivity index (χ1) is 4.75. The zero-order valence-electron chi connectivity index (χ0n) is 5.30. The topological polar surface area (TPSA) is 62.0 Å². The van der Waals surface area contributed by atoms with Crippen molar-refractivity contribution in [2.24, 2.45) is 0 Å². The van der Waals surface area contributed by atoms with Crippen LogP contribution in [-0.2, 0) is 0 Å². The molecule has 4 nitrogen and oxygen atoms in total. The summed E-state index contributed by atoms with van der Waals surface area (Å²) in [4.78, 5) is 21.5. The summed E-state index contributed by atoms with van der Waals surface area (Å²) in [6.07, 6.45) is 0. The van der Waals surface area contributed by atoms with Gasteiger partial charge in [-0.2, -0.15) is 0 Å². The maximum atomic E-state index is 10.8. The zero-order valence-corrected chi connectivity index (χ0v) is 6.12. The first kappa shape index (κ1) is 7.01. The van der Waals surface area contributed by atoms with Crippen LogP contribution in [0.5, 0.6) is 0 Å². The average Bonchev–Trinajstić information content (AvgIpc) is 2.34. The van der Waals surface area contributed by atoms with Crippen molar-refractivity contribution in [3.05, 3.63) is 21.3 Å². The molecule has 0 radical (unpaired) electrons. The van der Waals surface area contributed by atoms with Gasteiger partial charge in [-0.3, -0.25) is 14.0 Å². The summed E-state index contributed by atoms with van der Waals surface area (Å²) in [5, 5.41) is 3.84. The lowest BCUT2D eigenvalue weighted by molar-refractivity contribution is 0.0962. The Kier molecular flexibility index (Phi) is 1.86. The van der Waals surface area contributed by atoms with Gasteiger partial charge >= 0.3 is 0 Å². The van der Waals surface area contributed by atoms with Gasteiger partial charge in [0.1, 0.15) is 5.56 Å². The van der Waals surface area contributed by atoms with Gasteiger partial charge < -0.3 is 5.32 Å². The van der Waals surface area contributed by atoms with Crippen LogP contribution >= 0.6 is 11.5 Å². The van der Waals surface area contributed by atoms with Gasteiger partial charge in [0.15, 0.2) is 0 Å². The van der Waals surface area contributed by atoms with E-state index in [2.05, 4.69) is 9.69 Å². The van der Waals surface area contributed by atoms with Gasteiger partial charge in [0.25, 0.3) is 11.5 Å². The van der Waals surface area contributed by atoms with Gasteiger partial charge in [-0.05, 0) is 0 Å². The minimum atomic E-state index is -0.345. The van der Waals surface area contributed by atoms with Crippen LogP contribution in [0.1, 0.15) is 10.4 Å². The molecule has 10 heavy (non-hydrogen) atoms. The molecule has 0 spiro atoms. The van der Waals surface area contributed by atoms with E-state index in [1.807, 2.05) is 0 Å². The van der Waals surface area contributed by atoms with E-state index in [0.717, 1.165) is 11.5 Å². The fourth-order valence-electron chi connectivity index (χ4n) is 0.542. The van der Waals surface area contributed by atoms with E-state index in [4.69, 9.17) is 0 Å². The Morgan fingerprint density at radius 1 is 1.80 bits per heavy atom. The molecule has 54 valence electrons. The molecule has 0 aliphatic rings. The Labute approximate surface area is 61.0 Å². The van der Waals surface area contributed by atoms with Crippen LogP contribution in [0.2, 0.25) is 0 Å². The van der Waals surface area contributed by atoms with Crippen molar-refractivity contribution in [1.82, 2.24) is 9.69 Å². The number of aromatic amines is 1. The Hall–Kier alpha value is -1.10. The second kappa shape index (κ2) is 2.66. The van der Waals surface area contributed by atoms with Gasteiger partial charge in [0, 0.05) is 12.4 Å². The number of H-pyrrole nitrogens is 1. The molecular weight excluding hydrogens is 152 g/mol. The lowest BCUT2D eigenvalue weighted by atomic mass is 10.3. The zero-order chi connectivity index (χ0) is 7.56. The monoisotopic (exact) mass is 158 g/mol. The quantitative estimate of drug-likeness (QED) is 0.594. The third-order valence-electron chi connectivity index (χ3n) is 1.04. The van der Waals surface area contributed by atoms with Crippen LogP contribution in [0, 0.1) is 0 Å². The van der Waals surface area contributed by atoms with Crippen LogP contribution in [0.25, 0.3) is 0 Å². The second-order valence-electron chi connectivity index (χ2n) is 1.66. The van der Waals surface area contributed by atoms with E-state index in [-0.39, 0.29) is 17.0 Å². The first-order valence-electron chi connectivity index (χ1n) is 2.64. The number of nitrogens with one attached hydrogen (secondary N) is 2. The molecular formula is C5H6N2O2S. The van der Waals surface area contributed by atoms with Gasteiger partial charge in [0.05, 0.1) is 0 Å². The van der Waals surface area contributed by atoms with E-state index < -0.39 is 0 Å². The summed E-state index contributed by atoms with van der Waals surface area (Å²) in [7, 11) is 1.49. The van der Waals surface area contributed by atoms with Crippen molar-refractivity contribution in [1.29, 1.82) is 0 Å². The largest absolute Gasteiger partial charge is 0.355 e. The molecule has 0 saturated carbocycles. The number of amides is 1. The maximum absolute atomic E-state index is 10.8. The smallest absolute Gasteiger partial charge is 0.270 e. The van der Waals surface area contributed by atoms with E-state index in [1.165, 1.54) is 12.4 Å². The molecule has 1 amide bonds. The van der Waals surface area contributed by atoms with Crippen molar-refractivity contribution < 1.29 is 4.79 Å². The fraction of sp³-hybridized carbons (Fsp3) is 0.200. The second-order valence-corrected chi connectivity index (χ2v) is 2.34. The Morgan fingerprint density at radius 3 is 2.90 bits per heavy atom. The SMILES string of the molecule is CNC(=O)c1cs[nH]c1=O. The van der Waals surface area contributed by atoms with Crippen LogP contribution in [-0.4, -0.2) is 17.3 Å². The van der Waals surface area contributed by atoms with E-state index in [9.17, 15) is 9.59 Å². The molecule has 0 bridgehead atoms. The molecule has 0 fully saturated rings. The molecule has 1 aromatic rings. The standard InChI is InChI=1S/C5H6N2O2S/c1-6-4(8)3-2-10-7-5(3)9/h2H,1H3,(H,6,8)(H,7,9). The summed E-state index contributed by atoms with van der Waals surface area (Å²) in [6, 6.07) is 0. The highest BCUT2D eigenvalue weighted by Crippen LogP contribution is 1.93. The van der Waals surface area contributed by atoms with Crippen LogP contribution in [0.15, 0.2) is 10.2 Å². The maximum Gasteiger partial charge on any atom is 0.270 e. The van der Waals surface area contributed by atoms with Crippen LogP contribution in [0.4, 0.5) is 0 Å². The summed E-state index contributed by atoms with van der Waals surface area (Å²) in [5.41, 5.74) is -0.156. The van der Waals surface area contributed by atoms with Gasteiger partial charge in [-0.25, -0.2) is 0 Å². The highest BCUT2D eigenvalue weighted by atomic mass is 32.1. The van der Waals surface area contributed by atoms with Crippen molar-refractivity contribution in [3.63, 3.8) is 0 Å². The Bertz CT molecular complexity index is 288. The predicted molar refractivity (Wildman–Crippen MR) is 38.3 cm³/mol. The number of carbonyl (C=O) groups is 1. The summed E-state index contributed by atoms with van der Waals surface area (Å²) >= 11 is 1.11. The molecule has 1 rings (SSSR count). The summed E-state index contributed by atoms with van der Waals surface area (Å²) < 4.78 is 2.41. The van der Waals surface area contributed by atoms with Crippen LogP contribution < -0.4 is 10.9 Å². The molecule has 5 heteroatoms. The van der Waals surface area contributed by atoms with Gasteiger partial charge in [0.2, 0.25) is 0 Å². The molecule has 0 atom stereocenters. The third kappa shape index (κ3) is 1.08.